The predicted octanol–water partition coefficient (Wildman–Crippen LogP) is 4.79. The number of unbranched alkanes of at least 4 members (excludes halogenated alkanes) is 3. The second kappa shape index (κ2) is 12.1. The number of Topliss-reactive ketones (excluding diaryl/α,β-unsaturated/α-hetero) is 1. The van der Waals surface area contributed by atoms with Crippen molar-refractivity contribution in [2.45, 2.75) is 71.1 Å². The van der Waals surface area contributed by atoms with Crippen molar-refractivity contribution in [3.05, 3.63) is 16.6 Å². The van der Waals surface area contributed by atoms with E-state index in [-0.39, 0.29) is 29.6 Å². The topological polar surface area (TPSA) is 87.2 Å². The molecule has 0 bridgehead atoms. The lowest BCUT2D eigenvalue weighted by Gasteiger charge is -2.21. The van der Waals surface area contributed by atoms with Crippen LogP contribution in [0.2, 0.25) is 0 Å². The molecule has 2 fully saturated rings. The number of primary amides is 1. The standard InChI is InChI=1S/C12H18BrFN2OS.C8H13NO2/c1-2-10(17)7-5-3-4-6-8-12-15-9-11(13)16(12)18-14;9-7(10)6-5-8(6)1-3-11-4-2-8/h9H,2-8H2,1H3;6H,1-5H2,(H2,9,10). The number of aromatic nitrogens is 2. The molecular weight excluding hydrogens is 461 g/mol. The van der Waals surface area contributed by atoms with E-state index in [4.69, 9.17) is 10.5 Å². The predicted molar refractivity (Wildman–Crippen MR) is 116 cm³/mol. The third-order valence-corrected chi connectivity index (χ3v) is 7.18. The Morgan fingerprint density at radius 2 is 2.03 bits per heavy atom. The van der Waals surface area contributed by atoms with Gasteiger partial charge in [-0.1, -0.05) is 19.8 Å². The molecule has 164 valence electrons. The molecule has 6 nitrogen and oxygen atoms in total. The summed E-state index contributed by atoms with van der Waals surface area (Å²) < 4.78 is 19.9. The molecule has 9 heteroatoms. The van der Waals surface area contributed by atoms with Crippen LogP contribution < -0.4 is 5.73 Å². The summed E-state index contributed by atoms with van der Waals surface area (Å²) in [5.41, 5.74) is 5.49. The highest BCUT2D eigenvalue weighted by molar-refractivity contribution is 9.10. The van der Waals surface area contributed by atoms with E-state index in [1.807, 2.05) is 6.92 Å². The first kappa shape index (κ1) is 24.3. The van der Waals surface area contributed by atoms with Gasteiger partial charge in [0.2, 0.25) is 5.91 Å². The molecule has 3 rings (SSSR count). The number of carbonyl (C=O) groups is 2. The fourth-order valence-corrected chi connectivity index (χ4v) is 4.61. The zero-order valence-electron chi connectivity index (χ0n) is 17.0. The minimum absolute atomic E-state index is 0.119. The molecule has 1 aliphatic heterocycles. The average molecular weight is 492 g/mol. The number of imidazole rings is 1. The Balaban J connectivity index is 0.000000230. The fraction of sp³-hybridized carbons (Fsp3) is 0.750. The lowest BCUT2D eigenvalue weighted by atomic mass is 9.94. The van der Waals surface area contributed by atoms with E-state index in [1.54, 1.807) is 6.20 Å². The van der Waals surface area contributed by atoms with Crippen LogP contribution in [0.5, 0.6) is 0 Å². The second-order valence-electron chi connectivity index (χ2n) is 7.80. The summed E-state index contributed by atoms with van der Waals surface area (Å²) in [6, 6.07) is 0. The molecule has 0 radical (unpaired) electrons. The lowest BCUT2D eigenvalue weighted by Crippen LogP contribution is -2.24. The highest BCUT2D eigenvalue weighted by Crippen LogP contribution is 2.58. The van der Waals surface area contributed by atoms with E-state index in [0.29, 0.717) is 23.2 Å². The van der Waals surface area contributed by atoms with Gasteiger partial charge in [0.05, 0.1) is 6.20 Å². The normalized spacial score (nSPS) is 19.5. The van der Waals surface area contributed by atoms with E-state index >= 15 is 0 Å². The number of nitrogens with two attached hydrogens (primary N) is 1. The average Bonchev–Trinajstić information content (AvgIpc) is 3.29. The fourth-order valence-electron chi connectivity index (χ4n) is 3.81. The Hall–Kier alpha value is -0.930. The van der Waals surface area contributed by atoms with Gasteiger partial charge in [0, 0.05) is 38.4 Å². The molecule has 2 heterocycles. The van der Waals surface area contributed by atoms with Crippen molar-refractivity contribution in [2.75, 3.05) is 13.2 Å². The SMILES string of the molecule is CCC(=O)CCCCCCc1ncc(Br)n1SF.NC(=O)C1CC12CCOCC2. The number of rotatable bonds is 10. The molecule has 1 atom stereocenters. The highest BCUT2D eigenvalue weighted by atomic mass is 79.9. The van der Waals surface area contributed by atoms with Crippen LogP contribution in [0.4, 0.5) is 3.89 Å². The van der Waals surface area contributed by atoms with Gasteiger partial charge in [-0.25, -0.2) is 8.96 Å². The van der Waals surface area contributed by atoms with Crippen LogP contribution >= 0.6 is 28.3 Å². The van der Waals surface area contributed by atoms with Crippen LogP contribution in [0, 0.1) is 11.3 Å². The first-order valence-electron chi connectivity index (χ1n) is 10.3. The van der Waals surface area contributed by atoms with Gasteiger partial charge in [-0.2, -0.15) is 0 Å². The largest absolute Gasteiger partial charge is 0.381 e. The summed E-state index contributed by atoms with van der Waals surface area (Å²) in [7, 11) is 0. The maximum absolute atomic E-state index is 12.6. The third-order valence-electron chi connectivity index (χ3n) is 5.84. The van der Waals surface area contributed by atoms with E-state index in [1.165, 1.54) is 3.97 Å². The van der Waals surface area contributed by atoms with Gasteiger partial charge in [-0.3, -0.25) is 9.59 Å². The Morgan fingerprint density at radius 3 is 2.62 bits per heavy atom. The van der Waals surface area contributed by atoms with Gasteiger partial charge >= 0.3 is 0 Å². The molecule has 1 saturated carbocycles. The molecule has 1 aromatic heterocycles. The van der Waals surface area contributed by atoms with Gasteiger partial charge in [0.15, 0.2) is 12.3 Å². The highest BCUT2D eigenvalue weighted by Gasteiger charge is 2.57. The number of nitrogens with zero attached hydrogens (tertiary/aromatic N) is 2. The quantitative estimate of drug-likeness (QED) is 0.475. The van der Waals surface area contributed by atoms with Gasteiger partial charge in [0.25, 0.3) is 0 Å². The molecular formula is C20H31BrFN3O3S. The number of hydrogen-bond acceptors (Lipinski definition) is 5. The Kier molecular flexibility index (Phi) is 10.1. The van der Waals surface area contributed by atoms with E-state index < -0.39 is 0 Å². The van der Waals surface area contributed by atoms with Crippen LogP contribution in [0.1, 0.15) is 70.5 Å². The van der Waals surface area contributed by atoms with Gasteiger partial charge < -0.3 is 10.5 Å². The summed E-state index contributed by atoms with van der Waals surface area (Å²) >= 11 is 3.40. The summed E-state index contributed by atoms with van der Waals surface area (Å²) in [5.74, 6) is 1.13. The number of aryl methyl sites for hydroxylation is 1. The molecule has 0 aromatic carbocycles. The van der Waals surface area contributed by atoms with Crippen LogP contribution in [-0.4, -0.2) is 33.9 Å². The van der Waals surface area contributed by atoms with E-state index in [9.17, 15) is 13.5 Å². The van der Waals surface area contributed by atoms with Gasteiger partial charge in [0.1, 0.15) is 16.2 Å². The Bertz CT molecular complexity index is 680. The minimum Gasteiger partial charge on any atom is -0.381 e. The zero-order valence-corrected chi connectivity index (χ0v) is 19.4. The summed E-state index contributed by atoms with van der Waals surface area (Å²) in [6.07, 6.45) is 10.8. The van der Waals surface area contributed by atoms with Crippen LogP contribution in [-0.2, 0) is 20.7 Å². The number of amides is 1. The van der Waals surface area contributed by atoms with Crippen molar-refractivity contribution >= 4 is 40.0 Å². The van der Waals surface area contributed by atoms with Crippen LogP contribution in [0.25, 0.3) is 0 Å². The smallest absolute Gasteiger partial charge is 0.221 e. The maximum Gasteiger partial charge on any atom is 0.221 e. The van der Waals surface area contributed by atoms with Crippen LogP contribution in [0.3, 0.4) is 0 Å². The molecule has 1 amide bonds. The van der Waals surface area contributed by atoms with Crippen molar-refractivity contribution in [1.82, 2.24) is 8.96 Å². The molecule has 1 saturated heterocycles. The lowest BCUT2D eigenvalue weighted by molar-refractivity contribution is -0.120. The minimum atomic E-state index is -0.119. The number of halogens is 2. The molecule has 29 heavy (non-hydrogen) atoms. The van der Waals surface area contributed by atoms with Crippen molar-refractivity contribution in [3.63, 3.8) is 0 Å². The van der Waals surface area contributed by atoms with Crippen molar-refractivity contribution in [2.24, 2.45) is 17.1 Å². The number of carbonyl (C=O) groups excluding carboxylic acids is 2. The van der Waals surface area contributed by atoms with Gasteiger partial charge in [-0.15, -0.1) is 3.89 Å². The van der Waals surface area contributed by atoms with Crippen LogP contribution in [0.15, 0.2) is 10.8 Å². The van der Waals surface area contributed by atoms with E-state index in [0.717, 1.165) is 70.4 Å². The van der Waals surface area contributed by atoms with Crippen molar-refractivity contribution in [1.29, 1.82) is 0 Å². The molecule has 1 spiro atoms. The zero-order chi connectivity index (χ0) is 21.3. The summed E-state index contributed by atoms with van der Waals surface area (Å²) in [4.78, 5) is 26.1. The first-order valence-corrected chi connectivity index (χ1v) is 11.8. The van der Waals surface area contributed by atoms with Gasteiger partial charge in [-0.05, 0) is 53.4 Å². The Labute approximate surface area is 185 Å². The molecule has 1 unspecified atom stereocenters. The first-order chi connectivity index (χ1) is 13.9. The maximum atomic E-state index is 12.6. The number of hydrogen-bond donors (Lipinski definition) is 1. The molecule has 2 N–H and O–H groups in total. The molecule has 1 aromatic rings. The number of ether oxygens (including phenoxy) is 1. The summed E-state index contributed by atoms with van der Waals surface area (Å²) in [6.45, 7) is 3.52. The molecule has 2 aliphatic rings. The number of ketones is 1. The Morgan fingerprint density at radius 1 is 1.34 bits per heavy atom. The van der Waals surface area contributed by atoms with Crippen molar-refractivity contribution < 1.29 is 18.2 Å². The monoisotopic (exact) mass is 491 g/mol. The van der Waals surface area contributed by atoms with E-state index in [2.05, 4.69) is 20.9 Å². The van der Waals surface area contributed by atoms with Crippen molar-refractivity contribution in [3.8, 4) is 0 Å². The summed E-state index contributed by atoms with van der Waals surface area (Å²) in [5, 5.41) is 0. The second-order valence-corrected chi connectivity index (χ2v) is 9.12. The third kappa shape index (κ3) is 7.36. The molecule has 1 aliphatic carbocycles.